The Kier molecular flexibility index (Phi) is 10.9. The highest BCUT2D eigenvalue weighted by Crippen LogP contribution is 1.91. The number of nitrogens with zero attached hydrogens (tertiary/aromatic N) is 1. The van der Waals surface area contributed by atoms with Crippen molar-refractivity contribution in [2.75, 3.05) is 32.1 Å². The fourth-order valence-electron chi connectivity index (χ4n) is 1.11. The zero-order chi connectivity index (χ0) is 15.2. The molecule has 0 bridgehead atoms. The number of nitrogens with one attached hydrogen (secondary N) is 3. The van der Waals surface area contributed by atoms with E-state index in [1.807, 2.05) is 0 Å². The quantitative estimate of drug-likeness (QED) is 0.249. The summed E-state index contributed by atoms with van der Waals surface area (Å²) in [7, 11) is 0. The van der Waals surface area contributed by atoms with Crippen LogP contribution in [0.1, 0.15) is 13.3 Å². The number of halogens is 1. The van der Waals surface area contributed by atoms with Crippen LogP contribution in [0.4, 0.5) is 4.79 Å². The summed E-state index contributed by atoms with van der Waals surface area (Å²) in [6.45, 7) is 3.13. The highest BCUT2D eigenvalue weighted by molar-refractivity contribution is 6.17. The van der Waals surface area contributed by atoms with E-state index < -0.39 is 12.0 Å². The molecule has 0 saturated carbocycles. The van der Waals surface area contributed by atoms with Gasteiger partial charge in [0.1, 0.15) is 11.6 Å². The molecule has 0 heterocycles. The predicted octanol–water partition coefficient (Wildman–Crippen LogP) is 0.475. The number of nitriles is 1. The maximum absolute atomic E-state index is 11.5. The second kappa shape index (κ2) is 12.1. The third kappa shape index (κ3) is 9.05. The molecule has 112 valence electrons. The lowest BCUT2D eigenvalue weighted by Crippen LogP contribution is -2.31. The molecule has 0 aliphatic rings. The summed E-state index contributed by atoms with van der Waals surface area (Å²) in [5.74, 6) is -0.00705. The summed E-state index contributed by atoms with van der Waals surface area (Å²) in [4.78, 5) is 22.5. The van der Waals surface area contributed by atoms with Gasteiger partial charge in [0.2, 0.25) is 0 Å². The molecule has 8 heteroatoms. The second-order valence-corrected chi connectivity index (χ2v) is 3.95. The van der Waals surface area contributed by atoms with Crippen molar-refractivity contribution in [1.82, 2.24) is 16.0 Å². The standard InChI is InChI=1S/C12H19ClN4O3/c1-2-20-12(19)17-7-6-15-9-10(8-14)11(18)16-5-3-4-13/h9,15H,2-7H2,1H3,(H,16,18)(H,17,19)/b10-9-. The van der Waals surface area contributed by atoms with Gasteiger partial charge in [0.05, 0.1) is 6.61 Å². The highest BCUT2D eigenvalue weighted by atomic mass is 35.5. The van der Waals surface area contributed by atoms with Crippen LogP contribution in [0.2, 0.25) is 0 Å². The van der Waals surface area contributed by atoms with Crippen molar-refractivity contribution in [3.63, 3.8) is 0 Å². The van der Waals surface area contributed by atoms with Crippen molar-refractivity contribution < 1.29 is 14.3 Å². The lowest BCUT2D eigenvalue weighted by molar-refractivity contribution is -0.117. The highest BCUT2D eigenvalue weighted by Gasteiger charge is 2.07. The van der Waals surface area contributed by atoms with Crippen molar-refractivity contribution in [3.05, 3.63) is 11.8 Å². The fourth-order valence-corrected chi connectivity index (χ4v) is 1.24. The van der Waals surface area contributed by atoms with Gasteiger partial charge in [0.25, 0.3) is 5.91 Å². The van der Waals surface area contributed by atoms with E-state index in [1.165, 1.54) is 6.20 Å². The molecule has 0 aromatic carbocycles. The molecule has 0 radical (unpaired) electrons. The van der Waals surface area contributed by atoms with Gasteiger partial charge in [0, 0.05) is 31.7 Å². The molecule has 0 saturated heterocycles. The van der Waals surface area contributed by atoms with Crippen LogP contribution in [0, 0.1) is 11.3 Å². The average Bonchev–Trinajstić information content (AvgIpc) is 2.43. The maximum Gasteiger partial charge on any atom is 0.407 e. The number of rotatable bonds is 9. The summed E-state index contributed by atoms with van der Waals surface area (Å²) < 4.78 is 4.66. The van der Waals surface area contributed by atoms with Gasteiger partial charge in [-0.15, -0.1) is 11.6 Å². The average molecular weight is 303 g/mol. The largest absolute Gasteiger partial charge is 0.450 e. The Morgan fingerprint density at radius 3 is 2.65 bits per heavy atom. The molecule has 0 spiro atoms. The van der Waals surface area contributed by atoms with E-state index in [1.54, 1.807) is 13.0 Å². The number of alkyl halides is 1. The van der Waals surface area contributed by atoms with Crippen molar-refractivity contribution in [2.45, 2.75) is 13.3 Å². The molecule has 0 aromatic heterocycles. The zero-order valence-corrected chi connectivity index (χ0v) is 12.1. The van der Waals surface area contributed by atoms with Crippen LogP contribution in [0.5, 0.6) is 0 Å². The van der Waals surface area contributed by atoms with E-state index in [9.17, 15) is 9.59 Å². The van der Waals surface area contributed by atoms with Crippen molar-refractivity contribution in [3.8, 4) is 6.07 Å². The van der Waals surface area contributed by atoms with Crippen molar-refractivity contribution >= 4 is 23.6 Å². The molecule has 0 aliphatic heterocycles. The lowest BCUT2D eigenvalue weighted by Gasteiger charge is -2.06. The Morgan fingerprint density at radius 2 is 2.05 bits per heavy atom. The number of amides is 2. The normalized spacial score (nSPS) is 10.3. The SMILES string of the molecule is CCOC(=O)NCCN/C=C(/C#N)C(=O)NCCCCl. The van der Waals surface area contributed by atoms with Gasteiger partial charge in [-0.1, -0.05) is 0 Å². The molecule has 0 fully saturated rings. The Morgan fingerprint density at radius 1 is 1.30 bits per heavy atom. The van der Waals surface area contributed by atoms with Crippen LogP contribution in [0.3, 0.4) is 0 Å². The van der Waals surface area contributed by atoms with Crippen LogP contribution < -0.4 is 16.0 Å². The summed E-state index contributed by atoms with van der Waals surface area (Å²) >= 11 is 5.48. The van der Waals surface area contributed by atoms with Crippen LogP contribution in [0.25, 0.3) is 0 Å². The van der Waals surface area contributed by atoms with Crippen LogP contribution in [0.15, 0.2) is 11.8 Å². The van der Waals surface area contributed by atoms with Gasteiger partial charge in [-0.25, -0.2) is 4.79 Å². The summed E-state index contributed by atoms with van der Waals surface area (Å²) in [5, 5.41) is 16.7. The minimum Gasteiger partial charge on any atom is -0.450 e. The van der Waals surface area contributed by atoms with E-state index in [0.29, 0.717) is 38.5 Å². The molecule has 3 N–H and O–H groups in total. The monoisotopic (exact) mass is 302 g/mol. The second-order valence-electron chi connectivity index (χ2n) is 3.57. The summed E-state index contributed by atoms with van der Waals surface area (Å²) in [5.41, 5.74) is -0.0318. The van der Waals surface area contributed by atoms with E-state index >= 15 is 0 Å². The first-order valence-electron chi connectivity index (χ1n) is 6.24. The molecule has 2 amide bonds. The molecule has 7 nitrogen and oxygen atoms in total. The smallest absolute Gasteiger partial charge is 0.407 e. The van der Waals surface area contributed by atoms with Crippen LogP contribution >= 0.6 is 11.6 Å². The predicted molar refractivity (Wildman–Crippen MR) is 75.1 cm³/mol. The Balaban J connectivity index is 3.93. The number of carbonyl (C=O) groups is 2. The summed E-state index contributed by atoms with van der Waals surface area (Å²) in [6, 6.07) is 1.79. The van der Waals surface area contributed by atoms with Gasteiger partial charge < -0.3 is 20.7 Å². The van der Waals surface area contributed by atoms with E-state index in [4.69, 9.17) is 16.9 Å². The van der Waals surface area contributed by atoms with Gasteiger partial charge in [-0.2, -0.15) is 5.26 Å². The maximum atomic E-state index is 11.5. The molecular weight excluding hydrogens is 284 g/mol. The molecule has 0 rings (SSSR count). The van der Waals surface area contributed by atoms with Crippen LogP contribution in [-0.4, -0.2) is 44.1 Å². The van der Waals surface area contributed by atoms with Gasteiger partial charge in [-0.3, -0.25) is 4.79 Å². The number of hydrogen-bond donors (Lipinski definition) is 3. The van der Waals surface area contributed by atoms with Crippen molar-refractivity contribution in [2.24, 2.45) is 0 Å². The third-order valence-corrected chi connectivity index (χ3v) is 2.29. The van der Waals surface area contributed by atoms with Gasteiger partial charge in [0.15, 0.2) is 0 Å². The minimum absolute atomic E-state index is 0.0318. The molecule has 0 aromatic rings. The Labute approximate surface area is 123 Å². The first-order chi connectivity index (χ1) is 9.65. The number of carbonyl (C=O) groups excluding carboxylic acids is 2. The minimum atomic E-state index is -0.502. The molecule has 20 heavy (non-hydrogen) atoms. The number of hydrogen-bond acceptors (Lipinski definition) is 5. The van der Waals surface area contributed by atoms with E-state index in [-0.39, 0.29) is 5.57 Å². The fraction of sp³-hybridized carbons (Fsp3) is 0.583. The molecular formula is C12H19ClN4O3. The van der Waals surface area contributed by atoms with E-state index in [2.05, 4.69) is 20.7 Å². The topological polar surface area (TPSA) is 103 Å². The lowest BCUT2D eigenvalue weighted by atomic mass is 10.3. The zero-order valence-electron chi connectivity index (χ0n) is 11.4. The van der Waals surface area contributed by atoms with Gasteiger partial charge in [-0.05, 0) is 13.3 Å². The number of alkyl carbamates (subject to hydrolysis) is 1. The summed E-state index contributed by atoms with van der Waals surface area (Å²) in [6.07, 6.45) is 1.45. The molecule has 0 unspecified atom stereocenters. The van der Waals surface area contributed by atoms with Crippen molar-refractivity contribution in [1.29, 1.82) is 5.26 Å². The first-order valence-corrected chi connectivity index (χ1v) is 6.77. The third-order valence-electron chi connectivity index (χ3n) is 2.02. The molecule has 0 atom stereocenters. The Bertz CT molecular complexity index is 379. The number of ether oxygens (including phenoxy) is 1. The Hall–Kier alpha value is -1.94. The van der Waals surface area contributed by atoms with Crippen LogP contribution in [-0.2, 0) is 9.53 Å². The van der Waals surface area contributed by atoms with E-state index in [0.717, 1.165) is 0 Å². The molecule has 0 aliphatic carbocycles. The van der Waals surface area contributed by atoms with Gasteiger partial charge >= 0.3 is 6.09 Å². The first kappa shape index (κ1) is 18.1.